The molecule has 0 bridgehead atoms. The van der Waals surface area contributed by atoms with Gasteiger partial charge in [0.1, 0.15) is 5.60 Å². The molecule has 116 valence electrons. The first kappa shape index (κ1) is 15.6. The number of likely N-dealkylation sites (tertiary alicyclic amines) is 1. The van der Waals surface area contributed by atoms with Crippen LogP contribution in [0, 0.1) is 11.3 Å². The number of nitrogens with zero attached hydrogens (tertiary/aromatic N) is 1. The number of aliphatic hydroxyl groups is 1. The van der Waals surface area contributed by atoms with Gasteiger partial charge in [-0.05, 0) is 64.3 Å². The normalized spacial score (nSPS) is 31.9. The monoisotopic (exact) mass is 284 g/mol. The van der Waals surface area contributed by atoms with Crippen molar-refractivity contribution in [3.05, 3.63) is 0 Å². The standard InChI is InChI=1S/C15H28N2O3/c1-14(2,3)20-13(19)17-6-4-11(5-7-17)15(10-16)8-12(18)9-15/h11-12,18H,4-10,16H2,1-3H3. The number of carbonyl (C=O) groups excluding carboxylic acids is 1. The van der Waals surface area contributed by atoms with Crippen LogP contribution in [0.25, 0.3) is 0 Å². The smallest absolute Gasteiger partial charge is 0.410 e. The van der Waals surface area contributed by atoms with Crippen molar-refractivity contribution in [3.8, 4) is 0 Å². The molecule has 1 aliphatic carbocycles. The predicted octanol–water partition coefficient (Wildman–Crippen LogP) is 1.73. The number of piperidine rings is 1. The number of hydrogen-bond acceptors (Lipinski definition) is 4. The molecular formula is C15H28N2O3. The van der Waals surface area contributed by atoms with E-state index >= 15 is 0 Å². The number of carbonyl (C=O) groups is 1. The second-order valence-electron chi connectivity index (χ2n) is 7.37. The van der Waals surface area contributed by atoms with E-state index in [9.17, 15) is 9.90 Å². The summed E-state index contributed by atoms with van der Waals surface area (Å²) in [5.41, 5.74) is 5.59. The molecule has 20 heavy (non-hydrogen) atoms. The van der Waals surface area contributed by atoms with E-state index < -0.39 is 5.60 Å². The molecule has 1 aliphatic heterocycles. The lowest BCUT2D eigenvalue weighted by Gasteiger charge is -2.52. The third-order valence-corrected chi connectivity index (χ3v) is 4.70. The minimum atomic E-state index is -0.440. The first-order valence-electron chi connectivity index (χ1n) is 7.62. The number of rotatable bonds is 2. The Balaban J connectivity index is 1.85. The van der Waals surface area contributed by atoms with Gasteiger partial charge in [-0.25, -0.2) is 4.79 Å². The lowest BCUT2D eigenvalue weighted by molar-refractivity contribution is -0.0797. The number of ether oxygens (including phenoxy) is 1. The number of aliphatic hydroxyl groups excluding tert-OH is 1. The molecular weight excluding hydrogens is 256 g/mol. The summed E-state index contributed by atoms with van der Waals surface area (Å²) in [4.78, 5) is 13.8. The van der Waals surface area contributed by atoms with Crippen LogP contribution in [0.1, 0.15) is 46.5 Å². The van der Waals surface area contributed by atoms with Crippen LogP contribution in [0.15, 0.2) is 0 Å². The number of hydrogen-bond donors (Lipinski definition) is 2. The van der Waals surface area contributed by atoms with Gasteiger partial charge in [0.25, 0.3) is 0 Å². The largest absolute Gasteiger partial charge is 0.444 e. The molecule has 2 aliphatic rings. The van der Waals surface area contributed by atoms with Gasteiger partial charge in [-0.15, -0.1) is 0 Å². The molecule has 0 radical (unpaired) electrons. The zero-order valence-electron chi connectivity index (χ0n) is 12.9. The second kappa shape index (κ2) is 5.53. The van der Waals surface area contributed by atoms with E-state index in [2.05, 4.69) is 0 Å². The molecule has 0 aromatic rings. The Labute approximate surface area is 121 Å². The Kier molecular flexibility index (Phi) is 4.30. The van der Waals surface area contributed by atoms with E-state index in [-0.39, 0.29) is 17.6 Å². The summed E-state index contributed by atoms with van der Waals surface area (Å²) in [6.45, 7) is 7.76. The maximum atomic E-state index is 12.0. The summed E-state index contributed by atoms with van der Waals surface area (Å²) in [7, 11) is 0. The number of nitrogens with two attached hydrogens (primary N) is 1. The Hall–Kier alpha value is -0.810. The van der Waals surface area contributed by atoms with E-state index in [1.54, 1.807) is 4.90 Å². The molecule has 1 heterocycles. The molecule has 0 atom stereocenters. The molecule has 1 amide bonds. The van der Waals surface area contributed by atoms with Gasteiger partial charge in [-0.1, -0.05) is 0 Å². The van der Waals surface area contributed by atoms with Gasteiger partial charge in [0.15, 0.2) is 0 Å². The number of amides is 1. The molecule has 5 nitrogen and oxygen atoms in total. The van der Waals surface area contributed by atoms with E-state index in [1.807, 2.05) is 20.8 Å². The van der Waals surface area contributed by atoms with Gasteiger partial charge in [0.2, 0.25) is 0 Å². The second-order valence-corrected chi connectivity index (χ2v) is 7.37. The lowest BCUT2D eigenvalue weighted by Crippen LogP contribution is -2.54. The van der Waals surface area contributed by atoms with Crippen LogP contribution in [0.4, 0.5) is 4.79 Å². The van der Waals surface area contributed by atoms with Crippen LogP contribution >= 0.6 is 0 Å². The van der Waals surface area contributed by atoms with Crippen LogP contribution in [-0.2, 0) is 4.74 Å². The van der Waals surface area contributed by atoms with Crippen LogP contribution in [-0.4, -0.2) is 47.4 Å². The molecule has 0 unspecified atom stereocenters. The van der Waals surface area contributed by atoms with Gasteiger partial charge >= 0.3 is 6.09 Å². The molecule has 1 saturated heterocycles. The Bertz CT molecular complexity index is 351. The van der Waals surface area contributed by atoms with Crippen molar-refractivity contribution in [2.75, 3.05) is 19.6 Å². The average molecular weight is 284 g/mol. The van der Waals surface area contributed by atoms with Gasteiger partial charge in [0, 0.05) is 13.1 Å². The summed E-state index contributed by atoms with van der Waals surface area (Å²) in [5.74, 6) is 0.523. The highest BCUT2D eigenvalue weighted by Gasteiger charge is 2.48. The van der Waals surface area contributed by atoms with Crippen LogP contribution in [0.5, 0.6) is 0 Å². The Morgan fingerprint density at radius 1 is 1.35 bits per heavy atom. The van der Waals surface area contributed by atoms with Crippen LogP contribution in [0.2, 0.25) is 0 Å². The highest BCUT2D eigenvalue weighted by molar-refractivity contribution is 5.68. The van der Waals surface area contributed by atoms with E-state index in [0.717, 1.165) is 38.8 Å². The molecule has 0 aromatic carbocycles. The van der Waals surface area contributed by atoms with E-state index in [1.165, 1.54) is 0 Å². The molecule has 3 N–H and O–H groups in total. The van der Waals surface area contributed by atoms with Gasteiger partial charge in [-0.3, -0.25) is 0 Å². The Morgan fingerprint density at radius 2 is 1.90 bits per heavy atom. The van der Waals surface area contributed by atoms with Crippen molar-refractivity contribution in [1.82, 2.24) is 4.90 Å². The van der Waals surface area contributed by atoms with Gasteiger partial charge < -0.3 is 20.5 Å². The Morgan fingerprint density at radius 3 is 2.30 bits per heavy atom. The third-order valence-electron chi connectivity index (χ3n) is 4.70. The van der Waals surface area contributed by atoms with Gasteiger partial charge in [0.05, 0.1) is 6.10 Å². The average Bonchev–Trinajstić information content (AvgIpc) is 2.33. The first-order valence-corrected chi connectivity index (χ1v) is 7.62. The van der Waals surface area contributed by atoms with Crippen molar-refractivity contribution >= 4 is 6.09 Å². The molecule has 5 heteroatoms. The molecule has 0 aromatic heterocycles. The lowest BCUT2D eigenvalue weighted by atomic mass is 9.57. The summed E-state index contributed by atoms with van der Waals surface area (Å²) in [6.07, 6.45) is 3.17. The molecule has 2 rings (SSSR count). The quantitative estimate of drug-likeness (QED) is 0.810. The summed E-state index contributed by atoms with van der Waals surface area (Å²) < 4.78 is 5.40. The topological polar surface area (TPSA) is 75.8 Å². The summed E-state index contributed by atoms with van der Waals surface area (Å²) in [6, 6.07) is 0. The fourth-order valence-electron chi connectivity index (χ4n) is 3.55. The zero-order valence-corrected chi connectivity index (χ0v) is 12.9. The van der Waals surface area contributed by atoms with Gasteiger partial charge in [-0.2, -0.15) is 0 Å². The predicted molar refractivity (Wildman–Crippen MR) is 77.3 cm³/mol. The molecule has 1 saturated carbocycles. The first-order chi connectivity index (χ1) is 9.26. The minimum Gasteiger partial charge on any atom is -0.444 e. The fraction of sp³-hybridized carbons (Fsp3) is 0.933. The summed E-state index contributed by atoms with van der Waals surface area (Å²) >= 11 is 0. The maximum absolute atomic E-state index is 12.0. The highest BCUT2D eigenvalue weighted by Crippen LogP contribution is 2.50. The van der Waals surface area contributed by atoms with E-state index in [0.29, 0.717) is 12.5 Å². The molecule has 2 fully saturated rings. The summed E-state index contributed by atoms with van der Waals surface area (Å²) in [5, 5.41) is 9.57. The maximum Gasteiger partial charge on any atom is 0.410 e. The van der Waals surface area contributed by atoms with Crippen molar-refractivity contribution in [3.63, 3.8) is 0 Å². The zero-order chi connectivity index (χ0) is 15.0. The van der Waals surface area contributed by atoms with Crippen LogP contribution < -0.4 is 5.73 Å². The highest BCUT2D eigenvalue weighted by atomic mass is 16.6. The SMILES string of the molecule is CC(C)(C)OC(=O)N1CCC(C2(CN)CC(O)C2)CC1. The fourth-order valence-corrected chi connectivity index (χ4v) is 3.55. The van der Waals surface area contributed by atoms with Crippen molar-refractivity contribution < 1.29 is 14.6 Å². The molecule has 0 spiro atoms. The van der Waals surface area contributed by atoms with Crippen LogP contribution in [0.3, 0.4) is 0 Å². The minimum absolute atomic E-state index is 0.111. The van der Waals surface area contributed by atoms with Crippen molar-refractivity contribution in [2.45, 2.75) is 58.2 Å². The van der Waals surface area contributed by atoms with E-state index in [4.69, 9.17) is 10.5 Å². The van der Waals surface area contributed by atoms with Crippen molar-refractivity contribution in [1.29, 1.82) is 0 Å². The third kappa shape index (κ3) is 3.26. The van der Waals surface area contributed by atoms with Crippen molar-refractivity contribution in [2.24, 2.45) is 17.1 Å².